The summed E-state index contributed by atoms with van der Waals surface area (Å²) < 4.78 is 5.03. The summed E-state index contributed by atoms with van der Waals surface area (Å²) in [7, 11) is 1.72. The normalized spacial score (nSPS) is 12.8. The zero-order valence-electron chi connectivity index (χ0n) is 8.42. The lowest BCUT2D eigenvalue weighted by Crippen LogP contribution is -2.16. The van der Waals surface area contributed by atoms with Gasteiger partial charge in [0.05, 0.1) is 6.61 Å². The van der Waals surface area contributed by atoms with Gasteiger partial charge in [0, 0.05) is 25.5 Å². The molecular weight excluding hydrogens is 166 g/mol. The molecule has 2 N–H and O–H groups in total. The molecule has 0 saturated carbocycles. The maximum absolute atomic E-state index is 5.03. The minimum Gasteiger partial charge on any atom is -0.384 e. The Kier molecular flexibility index (Phi) is 3.76. The summed E-state index contributed by atoms with van der Waals surface area (Å²) in [5, 5.41) is 3.20. The summed E-state index contributed by atoms with van der Waals surface area (Å²) in [6.07, 6.45) is 1.81. The Balaban J connectivity index is 2.26. The molecule has 0 fully saturated rings. The van der Waals surface area contributed by atoms with Crippen LogP contribution in [0, 0.1) is 12.8 Å². The quantitative estimate of drug-likeness (QED) is 0.725. The fourth-order valence-corrected chi connectivity index (χ4v) is 1.12. The average molecular weight is 183 g/mol. The Labute approximate surface area is 78.7 Å². The van der Waals surface area contributed by atoms with Gasteiger partial charge in [-0.3, -0.25) is 0 Å². The number of ether oxygens (including phenoxy) is 1. The molecule has 0 aliphatic heterocycles. The summed E-state index contributed by atoms with van der Waals surface area (Å²) in [6.45, 7) is 5.76. The second kappa shape index (κ2) is 4.87. The third kappa shape index (κ3) is 3.46. The van der Waals surface area contributed by atoms with Gasteiger partial charge >= 0.3 is 0 Å². The van der Waals surface area contributed by atoms with E-state index in [0.717, 1.165) is 24.8 Å². The molecule has 0 saturated heterocycles. The van der Waals surface area contributed by atoms with Crippen LogP contribution in [0.4, 0.5) is 5.95 Å². The summed E-state index contributed by atoms with van der Waals surface area (Å²) in [6, 6.07) is 0. The van der Waals surface area contributed by atoms with Crippen LogP contribution < -0.4 is 5.32 Å². The molecule has 0 aliphatic carbocycles. The molecule has 1 rings (SSSR count). The van der Waals surface area contributed by atoms with E-state index in [1.54, 1.807) is 7.11 Å². The van der Waals surface area contributed by atoms with Gasteiger partial charge in [-0.15, -0.1) is 0 Å². The number of rotatable bonds is 5. The standard InChI is InChI=1S/C9H17N3O/c1-7(6-13-3)4-10-9-11-5-8(2)12-9/h5,7H,4,6H2,1-3H3,(H2,10,11,12). The molecule has 1 aromatic heterocycles. The summed E-state index contributed by atoms with van der Waals surface area (Å²) in [5.41, 5.74) is 1.07. The Hall–Kier alpha value is -1.03. The molecule has 1 atom stereocenters. The molecule has 0 aromatic carbocycles. The number of H-pyrrole nitrogens is 1. The molecule has 0 radical (unpaired) electrons. The van der Waals surface area contributed by atoms with Gasteiger partial charge in [-0.25, -0.2) is 4.98 Å². The smallest absolute Gasteiger partial charge is 0.200 e. The highest BCUT2D eigenvalue weighted by molar-refractivity contribution is 5.25. The molecular formula is C9H17N3O. The van der Waals surface area contributed by atoms with Gasteiger partial charge in [0.15, 0.2) is 5.95 Å². The Morgan fingerprint density at radius 2 is 2.46 bits per heavy atom. The molecule has 0 amide bonds. The maximum atomic E-state index is 5.03. The molecule has 1 aromatic rings. The van der Waals surface area contributed by atoms with Gasteiger partial charge in [0.1, 0.15) is 0 Å². The fourth-order valence-electron chi connectivity index (χ4n) is 1.12. The van der Waals surface area contributed by atoms with Crippen molar-refractivity contribution < 1.29 is 4.74 Å². The van der Waals surface area contributed by atoms with Crippen molar-refractivity contribution in [2.45, 2.75) is 13.8 Å². The fraction of sp³-hybridized carbons (Fsp3) is 0.667. The number of nitrogens with one attached hydrogen (secondary N) is 2. The number of hydrogen-bond acceptors (Lipinski definition) is 3. The predicted octanol–water partition coefficient (Wildman–Crippen LogP) is 1.41. The third-order valence-corrected chi connectivity index (χ3v) is 1.77. The van der Waals surface area contributed by atoms with Crippen LogP contribution in [0.15, 0.2) is 6.20 Å². The van der Waals surface area contributed by atoms with E-state index in [-0.39, 0.29) is 0 Å². The zero-order valence-corrected chi connectivity index (χ0v) is 8.42. The molecule has 74 valence electrons. The number of aromatic amines is 1. The molecule has 0 bridgehead atoms. The van der Waals surface area contributed by atoms with Gasteiger partial charge < -0.3 is 15.0 Å². The van der Waals surface area contributed by atoms with Crippen molar-refractivity contribution in [1.82, 2.24) is 9.97 Å². The van der Waals surface area contributed by atoms with E-state index >= 15 is 0 Å². The largest absolute Gasteiger partial charge is 0.384 e. The van der Waals surface area contributed by atoms with E-state index < -0.39 is 0 Å². The molecule has 4 nitrogen and oxygen atoms in total. The van der Waals surface area contributed by atoms with Crippen molar-refractivity contribution in [2.24, 2.45) is 5.92 Å². The Morgan fingerprint density at radius 3 is 3.00 bits per heavy atom. The molecule has 0 aliphatic rings. The summed E-state index contributed by atoms with van der Waals surface area (Å²) >= 11 is 0. The van der Waals surface area contributed by atoms with Crippen LogP contribution in [0.2, 0.25) is 0 Å². The van der Waals surface area contributed by atoms with E-state index in [0.29, 0.717) is 5.92 Å². The lowest BCUT2D eigenvalue weighted by molar-refractivity contribution is 0.164. The van der Waals surface area contributed by atoms with Gasteiger partial charge in [-0.2, -0.15) is 0 Å². The van der Waals surface area contributed by atoms with Crippen LogP contribution in [0.1, 0.15) is 12.6 Å². The monoisotopic (exact) mass is 183 g/mol. The summed E-state index contributed by atoms with van der Waals surface area (Å²) in [4.78, 5) is 7.25. The first-order valence-electron chi connectivity index (χ1n) is 4.46. The minimum absolute atomic E-state index is 0.496. The summed E-state index contributed by atoms with van der Waals surface area (Å²) in [5.74, 6) is 1.33. The highest BCUT2D eigenvalue weighted by atomic mass is 16.5. The van der Waals surface area contributed by atoms with Crippen LogP contribution in [0.25, 0.3) is 0 Å². The molecule has 4 heteroatoms. The second-order valence-electron chi connectivity index (χ2n) is 3.36. The first kappa shape index (κ1) is 10.1. The van der Waals surface area contributed by atoms with Crippen molar-refractivity contribution in [2.75, 3.05) is 25.6 Å². The second-order valence-corrected chi connectivity index (χ2v) is 3.36. The highest BCUT2D eigenvalue weighted by Crippen LogP contribution is 2.02. The van der Waals surface area contributed by atoms with Crippen LogP contribution in [-0.2, 0) is 4.74 Å². The average Bonchev–Trinajstić information content (AvgIpc) is 2.49. The molecule has 0 spiro atoms. The van der Waals surface area contributed by atoms with Gasteiger partial charge in [-0.05, 0) is 12.8 Å². The molecule has 1 heterocycles. The third-order valence-electron chi connectivity index (χ3n) is 1.77. The first-order chi connectivity index (χ1) is 6.22. The SMILES string of the molecule is COCC(C)CNc1ncc(C)[nH]1. The molecule has 1 unspecified atom stereocenters. The van der Waals surface area contributed by atoms with E-state index in [2.05, 4.69) is 22.2 Å². The van der Waals surface area contributed by atoms with E-state index in [1.807, 2.05) is 13.1 Å². The van der Waals surface area contributed by atoms with Crippen molar-refractivity contribution in [3.63, 3.8) is 0 Å². The number of anilines is 1. The Morgan fingerprint density at radius 1 is 1.69 bits per heavy atom. The zero-order chi connectivity index (χ0) is 9.68. The van der Waals surface area contributed by atoms with E-state index in [1.165, 1.54) is 0 Å². The van der Waals surface area contributed by atoms with E-state index in [4.69, 9.17) is 4.74 Å². The number of imidazole rings is 1. The van der Waals surface area contributed by atoms with Crippen LogP contribution in [0.3, 0.4) is 0 Å². The van der Waals surface area contributed by atoms with Gasteiger partial charge in [0.25, 0.3) is 0 Å². The lowest BCUT2D eigenvalue weighted by Gasteiger charge is -2.10. The maximum Gasteiger partial charge on any atom is 0.200 e. The van der Waals surface area contributed by atoms with Gasteiger partial charge in [-0.1, -0.05) is 6.92 Å². The van der Waals surface area contributed by atoms with Crippen LogP contribution >= 0.6 is 0 Å². The lowest BCUT2D eigenvalue weighted by atomic mass is 10.2. The number of aromatic nitrogens is 2. The van der Waals surface area contributed by atoms with Crippen molar-refractivity contribution >= 4 is 5.95 Å². The highest BCUT2D eigenvalue weighted by Gasteiger charge is 2.01. The Bertz CT molecular complexity index is 247. The predicted molar refractivity (Wildman–Crippen MR) is 52.9 cm³/mol. The first-order valence-corrected chi connectivity index (χ1v) is 4.46. The topological polar surface area (TPSA) is 49.9 Å². The molecule has 13 heavy (non-hydrogen) atoms. The number of methoxy groups -OCH3 is 1. The van der Waals surface area contributed by atoms with Crippen molar-refractivity contribution in [1.29, 1.82) is 0 Å². The minimum atomic E-state index is 0.496. The number of aryl methyl sites for hydroxylation is 1. The van der Waals surface area contributed by atoms with E-state index in [9.17, 15) is 0 Å². The van der Waals surface area contributed by atoms with Crippen molar-refractivity contribution in [3.05, 3.63) is 11.9 Å². The van der Waals surface area contributed by atoms with Crippen molar-refractivity contribution in [3.8, 4) is 0 Å². The van der Waals surface area contributed by atoms with Crippen LogP contribution in [-0.4, -0.2) is 30.2 Å². The number of nitrogens with zero attached hydrogens (tertiary/aromatic N) is 1. The van der Waals surface area contributed by atoms with Gasteiger partial charge in [0.2, 0.25) is 0 Å². The van der Waals surface area contributed by atoms with Crippen LogP contribution in [0.5, 0.6) is 0 Å². The number of hydrogen-bond donors (Lipinski definition) is 2.